The number of ether oxygens (including phenoxy) is 3. The summed E-state index contributed by atoms with van der Waals surface area (Å²) in [7, 11) is 3.40. The molecule has 0 aromatic heterocycles. The number of amides is 1. The molecule has 7 nitrogen and oxygen atoms in total. The Balaban J connectivity index is 1.45. The normalized spacial score (nSPS) is 25.4. The van der Waals surface area contributed by atoms with Crippen molar-refractivity contribution in [1.82, 2.24) is 14.7 Å². The quantitative estimate of drug-likeness (QED) is 0.567. The molecule has 0 saturated carbocycles. The molecule has 1 aromatic carbocycles. The summed E-state index contributed by atoms with van der Waals surface area (Å²) in [6.45, 7) is 15.0. The van der Waals surface area contributed by atoms with E-state index in [1.54, 1.807) is 14.2 Å². The van der Waals surface area contributed by atoms with Gasteiger partial charge in [-0.3, -0.25) is 9.80 Å². The summed E-state index contributed by atoms with van der Waals surface area (Å²) < 4.78 is 17.2. The molecule has 3 heterocycles. The topological polar surface area (TPSA) is 54.5 Å². The van der Waals surface area contributed by atoms with E-state index < -0.39 is 0 Å². The number of nitrogens with zero attached hydrogens (tertiary/aromatic N) is 3. The highest BCUT2D eigenvalue weighted by atomic mass is 16.6. The van der Waals surface area contributed by atoms with Gasteiger partial charge >= 0.3 is 6.09 Å². The third kappa shape index (κ3) is 5.88. The zero-order valence-electron chi connectivity index (χ0n) is 22.6. The number of piperazine rings is 1. The Bertz CT molecular complexity index is 866. The van der Waals surface area contributed by atoms with Crippen molar-refractivity contribution >= 4 is 6.09 Å². The van der Waals surface area contributed by atoms with Crippen LogP contribution in [0.15, 0.2) is 12.1 Å². The molecule has 3 atom stereocenters. The standard InChI is InChI=1S/C28H45N3O4/c1-19(2)13-22-17-31-8-7-21-15-26(33-5)27(34-6)16-24(21)25(31)14-23(22)18-35-28(32)30-11-9-29(10-12-30)20(3)4/h15-16,19-20,22-23,25H,7-14,17-18H2,1-6H3/t22-,23+,25-/m1/s1. The number of carbonyl (C=O) groups excluding carboxylic acids is 1. The van der Waals surface area contributed by atoms with Gasteiger partial charge in [0.05, 0.1) is 20.8 Å². The molecule has 3 aliphatic rings. The van der Waals surface area contributed by atoms with Crippen molar-refractivity contribution in [3.8, 4) is 11.5 Å². The fourth-order valence-corrected chi connectivity index (χ4v) is 6.27. The lowest BCUT2D eigenvalue weighted by Crippen LogP contribution is -2.51. The molecule has 1 amide bonds. The lowest BCUT2D eigenvalue weighted by molar-refractivity contribution is 0.00152. The summed E-state index contributed by atoms with van der Waals surface area (Å²) >= 11 is 0. The van der Waals surface area contributed by atoms with Gasteiger partial charge < -0.3 is 19.1 Å². The van der Waals surface area contributed by atoms with E-state index in [0.717, 1.165) is 70.0 Å². The second-order valence-electron chi connectivity index (χ2n) is 11.2. The van der Waals surface area contributed by atoms with Gasteiger partial charge in [-0.05, 0) is 74.1 Å². The lowest BCUT2D eigenvalue weighted by Gasteiger charge is -2.47. The van der Waals surface area contributed by atoms with Crippen LogP contribution in [0, 0.1) is 17.8 Å². The number of piperidine rings is 1. The van der Waals surface area contributed by atoms with Crippen LogP contribution in [-0.2, 0) is 11.2 Å². The number of hydrogen-bond donors (Lipinski definition) is 0. The van der Waals surface area contributed by atoms with Crippen molar-refractivity contribution < 1.29 is 19.0 Å². The molecule has 0 unspecified atom stereocenters. The van der Waals surface area contributed by atoms with Crippen LogP contribution >= 0.6 is 0 Å². The Morgan fingerprint density at radius 2 is 1.66 bits per heavy atom. The minimum atomic E-state index is -0.144. The number of carbonyl (C=O) groups is 1. The highest BCUT2D eigenvalue weighted by Crippen LogP contribution is 2.45. The van der Waals surface area contributed by atoms with Gasteiger partial charge in [-0.15, -0.1) is 0 Å². The van der Waals surface area contributed by atoms with Gasteiger partial charge in [-0.1, -0.05) is 13.8 Å². The summed E-state index contributed by atoms with van der Waals surface area (Å²) in [4.78, 5) is 19.9. The van der Waals surface area contributed by atoms with Gasteiger partial charge in [0.15, 0.2) is 11.5 Å². The highest BCUT2D eigenvalue weighted by molar-refractivity contribution is 5.67. The Morgan fingerprint density at radius 3 is 2.29 bits per heavy atom. The van der Waals surface area contributed by atoms with E-state index in [0.29, 0.717) is 36.4 Å². The van der Waals surface area contributed by atoms with Crippen LogP contribution in [-0.4, -0.2) is 86.9 Å². The highest BCUT2D eigenvalue weighted by Gasteiger charge is 2.40. The van der Waals surface area contributed by atoms with E-state index in [1.807, 2.05) is 4.90 Å². The molecule has 3 aliphatic heterocycles. The maximum absolute atomic E-state index is 12.9. The molecule has 0 radical (unpaired) electrons. The van der Waals surface area contributed by atoms with Gasteiger partial charge in [0, 0.05) is 51.4 Å². The molecule has 1 aromatic rings. The zero-order chi connectivity index (χ0) is 25.1. The predicted octanol–water partition coefficient (Wildman–Crippen LogP) is 4.45. The molecule has 4 rings (SSSR count). The summed E-state index contributed by atoms with van der Waals surface area (Å²) in [5.41, 5.74) is 2.70. The number of rotatable bonds is 7. The van der Waals surface area contributed by atoms with Crippen molar-refractivity contribution in [2.75, 3.05) is 60.1 Å². The molecule has 0 N–H and O–H groups in total. The molecular formula is C28H45N3O4. The molecule has 7 heteroatoms. The van der Waals surface area contributed by atoms with Crippen LogP contribution in [0.25, 0.3) is 0 Å². The Morgan fingerprint density at radius 1 is 0.971 bits per heavy atom. The lowest BCUT2D eigenvalue weighted by atomic mass is 9.74. The van der Waals surface area contributed by atoms with E-state index in [2.05, 4.69) is 49.6 Å². The predicted molar refractivity (Wildman–Crippen MR) is 138 cm³/mol. The average molecular weight is 488 g/mol. The molecule has 0 aliphatic carbocycles. The summed E-state index contributed by atoms with van der Waals surface area (Å²) in [6, 6.07) is 5.18. The molecule has 2 saturated heterocycles. The van der Waals surface area contributed by atoms with Crippen molar-refractivity contribution in [2.24, 2.45) is 17.8 Å². The van der Waals surface area contributed by atoms with Gasteiger partial charge in [0.2, 0.25) is 0 Å². The van der Waals surface area contributed by atoms with Crippen molar-refractivity contribution in [2.45, 2.75) is 59.0 Å². The fourth-order valence-electron chi connectivity index (χ4n) is 6.27. The molecule has 196 valence electrons. The second kappa shape index (κ2) is 11.4. The molecule has 2 fully saturated rings. The first-order valence-electron chi connectivity index (χ1n) is 13.4. The fraction of sp³-hybridized carbons (Fsp3) is 0.750. The maximum Gasteiger partial charge on any atom is 0.409 e. The van der Waals surface area contributed by atoms with Crippen LogP contribution in [0.1, 0.15) is 57.7 Å². The van der Waals surface area contributed by atoms with Gasteiger partial charge in [-0.2, -0.15) is 0 Å². The Labute approximate surface area is 211 Å². The number of benzene rings is 1. The second-order valence-corrected chi connectivity index (χ2v) is 11.2. The first kappa shape index (κ1) is 26.1. The monoisotopic (exact) mass is 487 g/mol. The third-order valence-electron chi connectivity index (χ3n) is 8.27. The van der Waals surface area contributed by atoms with E-state index in [9.17, 15) is 4.79 Å². The smallest absolute Gasteiger partial charge is 0.409 e. The SMILES string of the molecule is COc1cc2c(cc1OC)[C@H]1C[C@@H](COC(=O)N3CCN(C(C)C)CC3)[C@H](CC(C)C)CN1CC2. The van der Waals surface area contributed by atoms with E-state index in [1.165, 1.54) is 11.1 Å². The van der Waals surface area contributed by atoms with Crippen molar-refractivity contribution in [1.29, 1.82) is 0 Å². The number of hydrogen-bond acceptors (Lipinski definition) is 6. The minimum Gasteiger partial charge on any atom is -0.493 e. The van der Waals surface area contributed by atoms with Crippen LogP contribution in [0.2, 0.25) is 0 Å². The Hall–Kier alpha value is -1.99. The van der Waals surface area contributed by atoms with Gasteiger partial charge in [0.1, 0.15) is 0 Å². The maximum atomic E-state index is 12.9. The van der Waals surface area contributed by atoms with Crippen molar-refractivity contribution in [3.63, 3.8) is 0 Å². The van der Waals surface area contributed by atoms with Crippen LogP contribution < -0.4 is 9.47 Å². The number of methoxy groups -OCH3 is 2. The molecular weight excluding hydrogens is 442 g/mol. The molecule has 0 bridgehead atoms. The van der Waals surface area contributed by atoms with E-state index in [-0.39, 0.29) is 6.09 Å². The third-order valence-corrected chi connectivity index (χ3v) is 8.27. The van der Waals surface area contributed by atoms with Gasteiger partial charge in [0.25, 0.3) is 0 Å². The minimum absolute atomic E-state index is 0.144. The number of fused-ring (bicyclic) bond motifs is 3. The largest absolute Gasteiger partial charge is 0.493 e. The molecule has 35 heavy (non-hydrogen) atoms. The van der Waals surface area contributed by atoms with Crippen LogP contribution in [0.5, 0.6) is 11.5 Å². The van der Waals surface area contributed by atoms with Crippen LogP contribution in [0.4, 0.5) is 4.79 Å². The zero-order valence-corrected chi connectivity index (χ0v) is 22.6. The summed E-state index contributed by atoms with van der Waals surface area (Å²) in [5.74, 6) is 3.12. The first-order chi connectivity index (χ1) is 16.8. The summed E-state index contributed by atoms with van der Waals surface area (Å²) in [5, 5.41) is 0. The van der Waals surface area contributed by atoms with E-state index in [4.69, 9.17) is 14.2 Å². The Kier molecular flexibility index (Phi) is 8.48. The molecule has 0 spiro atoms. The average Bonchev–Trinajstić information content (AvgIpc) is 2.85. The summed E-state index contributed by atoms with van der Waals surface area (Å²) in [6.07, 6.45) is 3.06. The van der Waals surface area contributed by atoms with Crippen LogP contribution in [0.3, 0.4) is 0 Å². The van der Waals surface area contributed by atoms with E-state index >= 15 is 0 Å². The first-order valence-corrected chi connectivity index (χ1v) is 13.4. The van der Waals surface area contributed by atoms with Crippen molar-refractivity contribution in [3.05, 3.63) is 23.3 Å². The van der Waals surface area contributed by atoms with Gasteiger partial charge in [-0.25, -0.2) is 4.79 Å².